The first-order chi connectivity index (χ1) is 9.02. The van der Waals surface area contributed by atoms with Crippen LogP contribution in [0.2, 0.25) is 0 Å². The summed E-state index contributed by atoms with van der Waals surface area (Å²) < 4.78 is 0. The lowest BCUT2D eigenvalue weighted by atomic mass is 10.1. The molecule has 106 valence electrons. The van der Waals surface area contributed by atoms with Crippen LogP contribution >= 0.6 is 12.2 Å². The Kier molecular flexibility index (Phi) is 6.85. The molecule has 0 saturated carbocycles. The highest BCUT2D eigenvalue weighted by Gasteiger charge is 2.05. The van der Waals surface area contributed by atoms with Crippen molar-refractivity contribution in [3.63, 3.8) is 0 Å². The summed E-state index contributed by atoms with van der Waals surface area (Å²) in [6, 6.07) is 6.79. The molecule has 2 N–H and O–H groups in total. The van der Waals surface area contributed by atoms with Crippen molar-refractivity contribution >= 4 is 23.0 Å². The molecular formula is C16H26N2S. The summed E-state index contributed by atoms with van der Waals surface area (Å²) in [7, 11) is 0. The lowest BCUT2D eigenvalue weighted by Gasteiger charge is -2.18. The van der Waals surface area contributed by atoms with Gasteiger partial charge in [-0.1, -0.05) is 38.3 Å². The van der Waals surface area contributed by atoms with Crippen LogP contribution < -0.4 is 10.6 Å². The third-order valence-corrected chi connectivity index (χ3v) is 3.48. The predicted molar refractivity (Wildman–Crippen MR) is 88.9 cm³/mol. The van der Waals surface area contributed by atoms with Gasteiger partial charge in [0.1, 0.15) is 0 Å². The van der Waals surface area contributed by atoms with Gasteiger partial charge in [0, 0.05) is 11.7 Å². The summed E-state index contributed by atoms with van der Waals surface area (Å²) in [5, 5.41) is 7.37. The van der Waals surface area contributed by atoms with Gasteiger partial charge in [-0.25, -0.2) is 0 Å². The van der Waals surface area contributed by atoms with Crippen molar-refractivity contribution in [2.24, 2.45) is 0 Å². The molecule has 2 nitrogen and oxygen atoms in total. The molecule has 1 aromatic carbocycles. The maximum absolute atomic E-state index is 5.37. The lowest BCUT2D eigenvalue weighted by Crippen LogP contribution is -2.36. The normalized spacial score (nSPS) is 12.0. The molecule has 0 aromatic heterocycles. The highest BCUT2D eigenvalue weighted by Crippen LogP contribution is 2.16. The van der Waals surface area contributed by atoms with Crippen molar-refractivity contribution < 1.29 is 0 Å². The van der Waals surface area contributed by atoms with E-state index in [-0.39, 0.29) is 0 Å². The molecule has 3 heteroatoms. The van der Waals surface area contributed by atoms with Crippen LogP contribution in [0.3, 0.4) is 0 Å². The first kappa shape index (κ1) is 16.0. The van der Waals surface area contributed by atoms with Crippen molar-refractivity contribution in [3.8, 4) is 0 Å². The average molecular weight is 278 g/mol. The maximum Gasteiger partial charge on any atom is 0.170 e. The number of benzene rings is 1. The maximum atomic E-state index is 5.37. The minimum Gasteiger partial charge on any atom is -0.360 e. The van der Waals surface area contributed by atoms with Gasteiger partial charge in [-0.3, -0.25) is 0 Å². The minimum atomic E-state index is 0.427. The Bertz CT molecular complexity index is 415. The molecule has 0 amide bonds. The fraction of sp³-hybridized carbons (Fsp3) is 0.562. The van der Waals surface area contributed by atoms with E-state index in [0.717, 1.165) is 10.8 Å². The van der Waals surface area contributed by atoms with E-state index in [9.17, 15) is 0 Å². The van der Waals surface area contributed by atoms with Crippen LogP contribution in [0.5, 0.6) is 0 Å². The van der Waals surface area contributed by atoms with Crippen LogP contribution in [-0.4, -0.2) is 11.2 Å². The van der Waals surface area contributed by atoms with Crippen LogP contribution in [0.4, 0.5) is 5.69 Å². The summed E-state index contributed by atoms with van der Waals surface area (Å²) in [6.45, 7) is 8.60. The number of hydrogen-bond acceptors (Lipinski definition) is 1. The molecular weight excluding hydrogens is 252 g/mol. The highest BCUT2D eigenvalue weighted by atomic mass is 32.1. The van der Waals surface area contributed by atoms with Gasteiger partial charge in [0.25, 0.3) is 0 Å². The number of rotatable bonds is 6. The Labute approximate surface area is 123 Å². The van der Waals surface area contributed by atoms with Crippen LogP contribution in [-0.2, 0) is 0 Å². The van der Waals surface area contributed by atoms with Gasteiger partial charge in [0.2, 0.25) is 0 Å². The van der Waals surface area contributed by atoms with Gasteiger partial charge in [-0.05, 0) is 56.6 Å². The molecule has 1 rings (SSSR count). The molecule has 0 radical (unpaired) electrons. The standard InChI is InChI=1S/C16H26N2S/c1-5-6-7-8-14(4)17-16(19)18-15-11-12(2)9-10-13(15)3/h9-11,14H,5-8H2,1-4H3,(H2,17,18,19). The third kappa shape index (κ3) is 6.06. The number of hydrogen-bond donors (Lipinski definition) is 2. The van der Waals surface area contributed by atoms with Crippen LogP contribution in [0.25, 0.3) is 0 Å². The fourth-order valence-electron chi connectivity index (χ4n) is 2.03. The second-order valence-corrected chi connectivity index (χ2v) is 5.72. The second-order valence-electron chi connectivity index (χ2n) is 5.31. The number of nitrogens with one attached hydrogen (secondary N) is 2. The number of anilines is 1. The fourth-order valence-corrected chi connectivity index (χ4v) is 2.34. The summed E-state index contributed by atoms with van der Waals surface area (Å²) >= 11 is 5.37. The van der Waals surface area contributed by atoms with E-state index < -0.39 is 0 Å². The molecule has 0 aliphatic carbocycles. The summed E-state index contributed by atoms with van der Waals surface area (Å²) in [4.78, 5) is 0. The Hall–Kier alpha value is -1.09. The molecule has 1 aromatic rings. The number of unbranched alkanes of at least 4 members (excludes halogenated alkanes) is 2. The van der Waals surface area contributed by atoms with Crippen LogP contribution in [0.15, 0.2) is 18.2 Å². The zero-order chi connectivity index (χ0) is 14.3. The molecule has 0 bridgehead atoms. The van der Waals surface area contributed by atoms with E-state index in [4.69, 9.17) is 12.2 Å². The van der Waals surface area contributed by atoms with E-state index in [2.05, 4.69) is 56.5 Å². The monoisotopic (exact) mass is 278 g/mol. The molecule has 19 heavy (non-hydrogen) atoms. The van der Waals surface area contributed by atoms with E-state index in [1.807, 2.05) is 0 Å². The van der Waals surface area contributed by atoms with E-state index >= 15 is 0 Å². The van der Waals surface area contributed by atoms with Crippen molar-refractivity contribution in [2.45, 2.75) is 59.4 Å². The molecule has 0 saturated heterocycles. The van der Waals surface area contributed by atoms with Crippen molar-refractivity contribution in [1.82, 2.24) is 5.32 Å². The lowest BCUT2D eigenvalue weighted by molar-refractivity contribution is 0.556. The number of aryl methyl sites for hydroxylation is 2. The third-order valence-electron chi connectivity index (χ3n) is 3.26. The summed E-state index contributed by atoms with van der Waals surface area (Å²) in [6.07, 6.45) is 4.99. The molecule has 0 aliphatic rings. The summed E-state index contributed by atoms with van der Waals surface area (Å²) in [5.74, 6) is 0. The summed E-state index contributed by atoms with van der Waals surface area (Å²) in [5.41, 5.74) is 3.55. The zero-order valence-corrected chi connectivity index (χ0v) is 13.4. The topological polar surface area (TPSA) is 24.1 Å². The second kappa shape index (κ2) is 8.16. The number of thiocarbonyl (C=S) groups is 1. The molecule has 0 aliphatic heterocycles. The van der Waals surface area contributed by atoms with Gasteiger partial charge in [-0.2, -0.15) is 0 Å². The van der Waals surface area contributed by atoms with Crippen molar-refractivity contribution in [2.75, 3.05) is 5.32 Å². The molecule has 1 atom stereocenters. The van der Waals surface area contributed by atoms with Crippen molar-refractivity contribution in [3.05, 3.63) is 29.3 Å². The minimum absolute atomic E-state index is 0.427. The van der Waals surface area contributed by atoms with E-state index in [1.165, 1.54) is 36.8 Å². The first-order valence-electron chi connectivity index (χ1n) is 7.17. The molecule has 0 spiro atoms. The zero-order valence-electron chi connectivity index (χ0n) is 12.5. The Morgan fingerprint density at radius 3 is 2.68 bits per heavy atom. The SMILES string of the molecule is CCCCCC(C)NC(=S)Nc1cc(C)ccc1C. The molecule has 0 heterocycles. The van der Waals surface area contributed by atoms with Gasteiger partial charge in [0.05, 0.1) is 0 Å². The first-order valence-corrected chi connectivity index (χ1v) is 7.58. The highest BCUT2D eigenvalue weighted by molar-refractivity contribution is 7.80. The largest absolute Gasteiger partial charge is 0.360 e. The average Bonchev–Trinajstić information content (AvgIpc) is 2.34. The quantitative estimate of drug-likeness (QED) is 0.589. The van der Waals surface area contributed by atoms with Gasteiger partial charge in [0.15, 0.2) is 5.11 Å². The van der Waals surface area contributed by atoms with Crippen LogP contribution in [0, 0.1) is 13.8 Å². The van der Waals surface area contributed by atoms with E-state index in [1.54, 1.807) is 0 Å². The molecule has 0 fully saturated rings. The van der Waals surface area contributed by atoms with Gasteiger partial charge >= 0.3 is 0 Å². The smallest absolute Gasteiger partial charge is 0.170 e. The molecule has 1 unspecified atom stereocenters. The Balaban J connectivity index is 2.44. The van der Waals surface area contributed by atoms with Crippen LogP contribution in [0.1, 0.15) is 50.7 Å². The Morgan fingerprint density at radius 1 is 1.26 bits per heavy atom. The predicted octanol–water partition coefficient (Wildman–Crippen LogP) is 4.56. The van der Waals surface area contributed by atoms with Gasteiger partial charge < -0.3 is 10.6 Å². The Morgan fingerprint density at radius 2 is 2.00 bits per heavy atom. The van der Waals surface area contributed by atoms with E-state index in [0.29, 0.717) is 6.04 Å². The van der Waals surface area contributed by atoms with Gasteiger partial charge in [-0.15, -0.1) is 0 Å². The van der Waals surface area contributed by atoms with Crippen molar-refractivity contribution in [1.29, 1.82) is 0 Å².